The quantitative estimate of drug-likeness (QED) is 0.555. The Morgan fingerprint density at radius 2 is 1.76 bits per heavy atom. The van der Waals surface area contributed by atoms with E-state index in [2.05, 4.69) is 4.84 Å². The molecule has 2 aromatic rings. The lowest BCUT2D eigenvalue weighted by Gasteiger charge is -2.41. The summed E-state index contributed by atoms with van der Waals surface area (Å²) in [6.07, 6.45) is 0. The van der Waals surface area contributed by atoms with Crippen molar-refractivity contribution in [2.24, 2.45) is 5.90 Å². The first-order valence-electron chi connectivity index (χ1n) is 11.3. The molecule has 12 nitrogen and oxygen atoms in total. The van der Waals surface area contributed by atoms with Gasteiger partial charge in [0.2, 0.25) is 10.0 Å². The van der Waals surface area contributed by atoms with Crippen LogP contribution in [0.4, 0.5) is 9.18 Å². The predicted octanol–water partition coefficient (Wildman–Crippen LogP) is 1.03. The van der Waals surface area contributed by atoms with E-state index in [9.17, 15) is 22.4 Å². The molecule has 37 heavy (non-hydrogen) atoms. The van der Waals surface area contributed by atoms with E-state index < -0.39 is 32.7 Å². The molecule has 2 N–H and O–H groups in total. The Morgan fingerprint density at radius 1 is 1.05 bits per heavy atom. The SMILES string of the molecule is N#Cc1ccc(Oc2ccc(S(=O)(=O)N3CCN(C(=O)N4CCOCC4)C[C@@H]3C(=O)ON)cc2F)cc1. The van der Waals surface area contributed by atoms with Crippen LogP contribution in [0.15, 0.2) is 47.4 Å². The Kier molecular flexibility index (Phi) is 7.89. The smallest absolute Gasteiger partial charge is 0.344 e. The number of amides is 2. The van der Waals surface area contributed by atoms with Gasteiger partial charge < -0.3 is 24.1 Å². The zero-order chi connectivity index (χ0) is 26.6. The van der Waals surface area contributed by atoms with Crippen molar-refractivity contribution in [3.05, 3.63) is 53.8 Å². The molecule has 0 radical (unpaired) electrons. The molecule has 14 heteroatoms. The van der Waals surface area contributed by atoms with Gasteiger partial charge in [-0.25, -0.2) is 22.4 Å². The van der Waals surface area contributed by atoms with Crippen molar-refractivity contribution in [3.8, 4) is 17.6 Å². The fraction of sp³-hybridized carbons (Fsp3) is 0.348. The van der Waals surface area contributed by atoms with E-state index in [4.69, 9.17) is 20.6 Å². The Morgan fingerprint density at radius 3 is 2.38 bits per heavy atom. The number of rotatable bonds is 5. The minimum absolute atomic E-state index is 0.00609. The molecule has 2 saturated heterocycles. The normalized spacial score (nSPS) is 18.7. The number of halogens is 1. The van der Waals surface area contributed by atoms with Crippen LogP contribution < -0.4 is 10.6 Å². The molecule has 4 rings (SSSR count). The number of nitrogens with zero attached hydrogens (tertiary/aromatic N) is 4. The lowest BCUT2D eigenvalue weighted by Crippen LogP contribution is -2.62. The van der Waals surface area contributed by atoms with E-state index in [1.165, 1.54) is 29.2 Å². The van der Waals surface area contributed by atoms with E-state index >= 15 is 0 Å². The Bertz CT molecular complexity index is 1310. The third-order valence-electron chi connectivity index (χ3n) is 5.99. The summed E-state index contributed by atoms with van der Waals surface area (Å²) in [5, 5.41) is 8.87. The van der Waals surface area contributed by atoms with Gasteiger partial charge in [0, 0.05) is 32.7 Å². The van der Waals surface area contributed by atoms with Gasteiger partial charge in [-0.2, -0.15) is 15.5 Å². The summed E-state index contributed by atoms with van der Waals surface area (Å²) < 4.78 is 53.2. The monoisotopic (exact) mass is 533 g/mol. The molecule has 0 spiro atoms. The molecule has 0 saturated carbocycles. The molecule has 0 aliphatic carbocycles. The summed E-state index contributed by atoms with van der Waals surface area (Å²) in [6, 6.07) is 9.19. The summed E-state index contributed by atoms with van der Waals surface area (Å²) in [5.74, 6) is 3.06. The number of urea groups is 1. The van der Waals surface area contributed by atoms with Crippen LogP contribution in [0.5, 0.6) is 11.5 Å². The number of sulfonamides is 1. The molecule has 0 unspecified atom stereocenters. The van der Waals surface area contributed by atoms with Crippen molar-refractivity contribution in [1.29, 1.82) is 5.26 Å². The molecule has 2 aliphatic heterocycles. The van der Waals surface area contributed by atoms with Crippen LogP contribution in [0, 0.1) is 17.1 Å². The van der Waals surface area contributed by atoms with Gasteiger partial charge in [0.1, 0.15) is 11.8 Å². The Balaban J connectivity index is 1.53. The number of carbonyl (C=O) groups is 2. The Labute approximate surface area is 212 Å². The highest BCUT2D eigenvalue weighted by Gasteiger charge is 2.43. The van der Waals surface area contributed by atoms with Gasteiger partial charge in [-0.1, -0.05) is 0 Å². The first-order chi connectivity index (χ1) is 17.7. The molecule has 2 amide bonds. The van der Waals surface area contributed by atoms with Gasteiger partial charge in [-0.05, 0) is 42.5 Å². The fourth-order valence-electron chi connectivity index (χ4n) is 4.04. The van der Waals surface area contributed by atoms with Crippen molar-refractivity contribution in [1.82, 2.24) is 14.1 Å². The third kappa shape index (κ3) is 5.65. The lowest BCUT2D eigenvalue weighted by atomic mass is 10.2. The molecule has 2 heterocycles. The lowest BCUT2D eigenvalue weighted by molar-refractivity contribution is -0.150. The van der Waals surface area contributed by atoms with E-state index in [0.29, 0.717) is 31.9 Å². The predicted molar refractivity (Wildman–Crippen MR) is 125 cm³/mol. The molecule has 2 aliphatic rings. The standard InChI is InChI=1S/C23H24FN5O7S/c24-19-13-18(5-6-21(19)35-17-3-1-16(14-25)2-4-17)37(32,33)29-8-7-28(15-20(29)22(30)36-26)23(31)27-9-11-34-12-10-27/h1-6,13,20H,7-12,15,26H2/t20-/m1/s1. The van der Waals surface area contributed by atoms with Crippen molar-refractivity contribution in [3.63, 3.8) is 0 Å². The summed E-state index contributed by atoms with van der Waals surface area (Å²) in [6.45, 7) is 0.998. The minimum Gasteiger partial charge on any atom is -0.454 e. The molecular formula is C23H24FN5O7S. The first kappa shape index (κ1) is 26.3. The van der Waals surface area contributed by atoms with Gasteiger partial charge in [-0.15, -0.1) is 0 Å². The van der Waals surface area contributed by atoms with Crippen LogP contribution in [0.2, 0.25) is 0 Å². The summed E-state index contributed by atoms with van der Waals surface area (Å²) in [5.41, 5.74) is 0.395. The average molecular weight is 534 g/mol. The van der Waals surface area contributed by atoms with Gasteiger partial charge in [0.15, 0.2) is 11.6 Å². The van der Waals surface area contributed by atoms with Gasteiger partial charge in [0.05, 0.1) is 29.7 Å². The van der Waals surface area contributed by atoms with E-state index in [0.717, 1.165) is 22.5 Å². The van der Waals surface area contributed by atoms with Crippen molar-refractivity contribution < 1.29 is 36.7 Å². The molecule has 1 atom stereocenters. The minimum atomic E-state index is -4.39. The number of nitriles is 1. The largest absolute Gasteiger partial charge is 0.454 e. The van der Waals surface area contributed by atoms with Crippen LogP contribution in [-0.2, 0) is 24.4 Å². The van der Waals surface area contributed by atoms with Crippen LogP contribution in [0.3, 0.4) is 0 Å². The second-order valence-electron chi connectivity index (χ2n) is 8.23. The molecule has 0 aromatic heterocycles. The van der Waals surface area contributed by atoms with Gasteiger partial charge >= 0.3 is 12.0 Å². The maximum absolute atomic E-state index is 14.8. The van der Waals surface area contributed by atoms with E-state index in [-0.39, 0.29) is 37.2 Å². The number of hydrogen-bond acceptors (Lipinski definition) is 9. The number of nitrogens with two attached hydrogens (primary N) is 1. The van der Waals surface area contributed by atoms with Gasteiger partial charge in [-0.3, -0.25) is 0 Å². The first-order valence-corrected chi connectivity index (χ1v) is 12.7. The van der Waals surface area contributed by atoms with Crippen molar-refractivity contribution in [2.75, 3.05) is 45.9 Å². The van der Waals surface area contributed by atoms with Crippen LogP contribution in [-0.4, -0.2) is 86.5 Å². The molecule has 0 bridgehead atoms. The number of ether oxygens (including phenoxy) is 2. The van der Waals surface area contributed by atoms with E-state index in [1.54, 1.807) is 4.90 Å². The third-order valence-corrected chi connectivity index (χ3v) is 7.90. The van der Waals surface area contributed by atoms with Crippen LogP contribution in [0.25, 0.3) is 0 Å². The van der Waals surface area contributed by atoms with Gasteiger partial charge in [0.25, 0.3) is 0 Å². The maximum Gasteiger partial charge on any atom is 0.344 e. The molecular weight excluding hydrogens is 509 g/mol. The summed E-state index contributed by atoms with van der Waals surface area (Å²) in [4.78, 5) is 32.1. The maximum atomic E-state index is 14.8. The highest BCUT2D eigenvalue weighted by atomic mass is 32.2. The van der Waals surface area contributed by atoms with Crippen LogP contribution >= 0.6 is 0 Å². The molecule has 2 aromatic carbocycles. The second-order valence-corrected chi connectivity index (χ2v) is 10.1. The second kappa shape index (κ2) is 11.1. The number of benzene rings is 2. The highest BCUT2D eigenvalue weighted by Crippen LogP contribution is 2.29. The average Bonchev–Trinajstić information content (AvgIpc) is 2.93. The summed E-state index contributed by atoms with van der Waals surface area (Å²) >= 11 is 0. The zero-order valence-electron chi connectivity index (χ0n) is 19.6. The van der Waals surface area contributed by atoms with Crippen molar-refractivity contribution in [2.45, 2.75) is 10.9 Å². The number of hydrogen-bond donors (Lipinski definition) is 1. The molecule has 196 valence electrons. The van der Waals surface area contributed by atoms with Crippen LogP contribution in [0.1, 0.15) is 5.56 Å². The zero-order valence-corrected chi connectivity index (χ0v) is 20.4. The van der Waals surface area contributed by atoms with Crippen molar-refractivity contribution >= 4 is 22.0 Å². The topological polar surface area (TPSA) is 155 Å². The van der Waals surface area contributed by atoms with E-state index in [1.807, 2.05) is 6.07 Å². The Hall–Kier alpha value is -3.77. The number of carbonyl (C=O) groups excluding carboxylic acids is 2. The number of piperazine rings is 1. The molecule has 2 fully saturated rings. The fourth-order valence-corrected chi connectivity index (χ4v) is 5.61. The summed E-state index contributed by atoms with van der Waals surface area (Å²) in [7, 11) is -4.39. The highest BCUT2D eigenvalue weighted by molar-refractivity contribution is 7.89. The number of morpholine rings is 1.